The quantitative estimate of drug-likeness (QED) is 0.370. The lowest BCUT2D eigenvalue weighted by Gasteiger charge is -1.97. The smallest absolute Gasteiger partial charge is 0.163 e. The van der Waals surface area contributed by atoms with Crippen molar-refractivity contribution in [3.63, 3.8) is 0 Å². The normalized spacial score (nSPS) is 7.92. The average molecular weight is 166 g/mol. The van der Waals surface area contributed by atoms with Crippen molar-refractivity contribution in [3.8, 4) is 12.1 Å². The van der Waals surface area contributed by atoms with Gasteiger partial charge in [0.2, 0.25) is 0 Å². The fourth-order valence-electron chi connectivity index (χ4n) is 0.517. The molecule has 0 saturated heterocycles. The Morgan fingerprint density at radius 2 is 2.00 bits per heavy atom. The molecule has 1 N–H and O–H groups in total. The van der Waals surface area contributed by atoms with E-state index in [0.717, 1.165) is 12.7 Å². The van der Waals surface area contributed by atoms with E-state index in [1.807, 2.05) is 0 Å². The molecule has 0 aromatic rings. The Bertz CT molecular complexity index is 206. The molecule has 0 saturated carbocycles. The molecule has 0 fully saturated rings. The Labute approximate surface area is 71.3 Å². The molecule has 0 bridgehead atoms. The number of allylic oxidation sites excluding steroid dienone is 1. The van der Waals surface area contributed by atoms with Crippen molar-refractivity contribution in [3.05, 3.63) is 11.8 Å². The Hall–Kier alpha value is -1.52. The van der Waals surface area contributed by atoms with Gasteiger partial charge in [0.1, 0.15) is 18.4 Å². The molecule has 0 heterocycles. The predicted octanol–water partition coefficient (Wildman–Crippen LogP) is 0.707. The first-order valence-corrected chi connectivity index (χ1v) is 3.58. The third-order valence-electron chi connectivity index (χ3n) is 1.11. The first-order chi connectivity index (χ1) is 5.85. The first-order valence-electron chi connectivity index (χ1n) is 3.58. The Morgan fingerprint density at radius 3 is 2.50 bits per heavy atom. The van der Waals surface area contributed by atoms with Crippen LogP contribution >= 0.6 is 0 Å². The monoisotopic (exact) mass is 166 g/mol. The van der Waals surface area contributed by atoms with Crippen molar-refractivity contribution >= 4 is 0 Å². The third kappa shape index (κ3) is 5.28. The maximum atomic E-state index is 8.39. The van der Waals surface area contributed by atoms with Crippen molar-refractivity contribution in [2.75, 3.05) is 13.2 Å². The highest BCUT2D eigenvalue weighted by atomic mass is 16.5. The van der Waals surface area contributed by atoms with Gasteiger partial charge in [-0.15, -0.1) is 0 Å². The maximum Gasteiger partial charge on any atom is 0.163 e. The average Bonchev–Trinajstić information content (AvgIpc) is 2.11. The van der Waals surface area contributed by atoms with E-state index in [1.54, 1.807) is 12.1 Å². The lowest BCUT2D eigenvalue weighted by molar-refractivity contribution is 0.218. The Kier molecular flexibility index (Phi) is 6.62. The predicted molar refractivity (Wildman–Crippen MR) is 41.6 cm³/mol. The second-order valence-electron chi connectivity index (χ2n) is 2.06. The van der Waals surface area contributed by atoms with Gasteiger partial charge in [0.25, 0.3) is 0 Å². The molecule has 0 unspecified atom stereocenters. The molecule has 0 aromatic carbocycles. The molecule has 0 aliphatic heterocycles. The summed E-state index contributed by atoms with van der Waals surface area (Å²) in [6, 6.07) is 3.34. The topological polar surface area (TPSA) is 77.0 Å². The van der Waals surface area contributed by atoms with Crippen LogP contribution in [0.25, 0.3) is 0 Å². The van der Waals surface area contributed by atoms with Crippen LogP contribution in [0.2, 0.25) is 0 Å². The van der Waals surface area contributed by atoms with E-state index in [1.165, 1.54) is 0 Å². The van der Waals surface area contributed by atoms with Crippen LogP contribution < -0.4 is 0 Å². The Balaban J connectivity index is 3.48. The van der Waals surface area contributed by atoms with E-state index in [9.17, 15) is 0 Å². The molecule has 0 amide bonds. The molecular weight excluding hydrogens is 156 g/mol. The summed E-state index contributed by atoms with van der Waals surface area (Å²) in [6.07, 6.45) is 2.52. The molecule has 0 atom stereocenters. The van der Waals surface area contributed by atoms with E-state index < -0.39 is 0 Å². The van der Waals surface area contributed by atoms with Crippen molar-refractivity contribution in [2.24, 2.45) is 0 Å². The number of nitriles is 2. The van der Waals surface area contributed by atoms with Crippen molar-refractivity contribution < 1.29 is 9.84 Å². The highest BCUT2D eigenvalue weighted by Crippen LogP contribution is 1.93. The van der Waals surface area contributed by atoms with E-state index in [0.29, 0.717) is 13.0 Å². The number of aliphatic hydroxyl groups excluding tert-OH is 1. The number of ether oxygens (including phenoxy) is 1. The summed E-state index contributed by atoms with van der Waals surface area (Å²) >= 11 is 0. The molecule has 0 radical (unpaired) electrons. The van der Waals surface area contributed by atoms with Crippen LogP contribution in [0, 0.1) is 22.7 Å². The molecule has 0 spiro atoms. The van der Waals surface area contributed by atoms with Crippen molar-refractivity contribution in [1.82, 2.24) is 0 Å². The minimum Gasteiger partial charge on any atom is -0.499 e. The van der Waals surface area contributed by atoms with Crippen LogP contribution in [0.15, 0.2) is 11.8 Å². The summed E-state index contributed by atoms with van der Waals surface area (Å²) < 4.78 is 4.86. The van der Waals surface area contributed by atoms with Gasteiger partial charge in [0.15, 0.2) is 5.57 Å². The third-order valence-corrected chi connectivity index (χ3v) is 1.11. The van der Waals surface area contributed by atoms with Crippen LogP contribution in [0.5, 0.6) is 0 Å². The number of rotatable bonds is 5. The van der Waals surface area contributed by atoms with Gasteiger partial charge < -0.3 is 9.84 Å². The standard InChI is InChI=1S/C8H10N2O2/c9-5-8(6-10)7-12-4-2-1-3-11/h7,11H,1-4H2. The number of unbranched alkanes of at least 4 members (excludes halogenated alkanes) is 1. The van der Waals surface area contributed by atoms with E-state index >= 15 is 0 Å². The summed E-state index contributed by atoms with van der Waals surface area (Å²) in [5, 5.41) is 24.9. The number of aliphatic hydroxyl groups is 1. The minimum absolute atomic E-state index is 0.0426. The SMILES string of the molecule is N#CC(C#N)=COCCCCO. The van der Waals surface area contributed by atoms with Gasteiger partial charge in [-0.05, 0) is 12.8 Å². The van der Waals surface area contributed by atoms with Crippen LogP contribution in [0.3, 0.4) is 0 Å². The molecular formula is C8H10N2O2. The minimum atomic E-state index is -0.0426. The van der Waals surface area contributed by atoms with E-state index in [2.05, 4.69) is 0 Å². The van der Waals surface area contributed by atoms with Gasteiger partial charge in [-0.2, -0.15) is 10.5 Å². The van der Waals surface area contributed by atoms with E-state index in [-0.39, 0.29) is 12.2 Å². The van der Waals surface area contributed by atoms with Gasteiger partial charge in [0.05, 0.1) is 6.61 Å². The molecule has 4 heteroatoms. The van der Waals surface area contributed by atoms with E-state index in [4.69, 9.17) is 20.4 Å². The van der Waals surface area contributed by atoms with Crippen LogP contribution in [-0.4, -0.2) is 18.3 Å². The second kappa shape index (κ2) is 7.59. The zero-order valence-corrected chi connectivity index (χ0v) is 6.66. The molecule has 0 rings (SSSR count). The lowest BCUT2D eigenvalue weighted by Crippen LogP contribution is -1.91. The van der Waals surface area contributed by atoms with Crippen molar-refractivity contribution in [2.45, 2.75) is 12.8 Å². The molecule has 0 aliphatic carbocycles. The number of hydrogen-bond donors (Lipinski definition) is 1. The summed E-state index contributed by atoms with van der Waals surface area (Å²) in [6.45, 7) is 0.559. The Morgan fingerprint density at radius 1 is 1.33 bits per heavy atom. The van der Waals surface area contributed by atoms with Gasteiger partial charge in [0, 0.05) is 6.61 Å². The van der Waals surface area contributed by atoms with Crippen LogP contribution in [0.1, 0.15) is 12.8 Å². The lowest BCUT2D eigenvalue weighted by atomic mass is 10.3. The highest BCUT2D eigenvalue weighted by molar-refractivity contribution is 5.33. The first kappa shape index (κ1) is 10.5. The fourth-order valence-corrected chi connectivity index (χ4v) is 0.517. The van der Waals surface area contributed by atoms with Crippen LogP contribution in [0.4, 0.5) is 0 Å². The van der Waals surface area contributed by atoms with Crippen LogP contribution in [-0.2, 0) is 4.74 Å². The summed E-state index contributed by atoms with van der Waals surface area (Å²) in [5.41, 5.74) is -0.0426. The summed E-state index contributed by atoms with van der Waals surface area (Å²) in [5.74, 6) is 0. The largest absolute Gasteiger partial charge is 0.499 e. The molecule has 0 aromatic heterocycles. The molecule has 12 heavy (non-hydrogen) atoms. The molecule has 0 aliphatic rings. The summed E-state index contributed by atoms with van der Waals surface area (Å²) in [7, 11) is 0. The van der Waals surface area contributed by atoms with Gasteiger partial charge >= 0.3 is 0 Å². The fraction of sp³-hybridized carbons (Fsp3) is 0.500. The summed E-state index contributed by atoms with van der Waals surface area (Å²) in [4.78, 5) is 0. The zero-order valence-electron chi connectivity index (χ0n) is 6.66. The number of hydrogen-bond acceptors (Lipinski definition) is 4. The number of nitrogens with zero attached hydrogens (tertiary/aromatic N) is 2. The van der Waals surface area contributed by atoms with Gasteiger partial charge in [-0.1, -0.05) is 0 Å². The van der Waals surface area contributed by atoms with Gasteiger partial charge in [-0.25, -0.2) is 0 Å². The molecule has 64 valence electrons. The van der Waals surface area contributed by atoms with Gasteiger partial charge in [-0.3, -0.25) is 0 Å². The molecule has 4 nitrogen and oxygen atoms in total. The zero-order chi connectivity index (χ0) is 9.23. The maximum absolute atomic E-state index is 8.39. The van der Waals surface area contributed by atoms with Crippen molar-refractivity contribution in [1.29, 1.82) is 10.5 Å². The second-order valence-corrected chi connectivity index (χ2v) is 2.06. The highest BCUT2D eigenvalue weighted by Gasteiger charge is 1.90.